The lowest BCUT2D eigenvalue weighted by atomic mass is 9.96. The summed E-state index contributed by atoms with van der Waals surface area (Å²) < 4.78 is 27.0. The normalized spacial score (nSPS) is 17.5. The van der Waals surface area contributed by atoms with Gasteiger partial charge in [0.05, 0.1) is 10.8 Å². The smallest absolute Gasteiger partial charge is 0.212 e. The number of nitrogens with one attached hydrogen (secondary N) is 1. The molecule has 3 nitrogen and oxygen atoms in total. The maximum atomic E-state index is 12.5. The first-order valence-electron chi connectivity index (χ1n) is 7.48. The molecular formula is C17H25NO2S. The molecule has 0 amide bonds. The zero-order valence-electron chi connectivity index (χ0n) is 13.1. The Morgan fingerprint density at radius 1 is 1.33 bits per heavy atom. The van der Waals surface area contributed by atoms with E-state index in [1.165, 1.54) is 18.4 Å². The van der Waals surface area contributed by atoms with Crippen LogP contribution >= 0.6 is 0 Å². The Morgan fingerprint density at radius 2 is 1.95 bits per heavy atom. The molecule has 2 rings (SSSR count). The molecule has 0 bridgehead atoms. The van der Waals surface area contributed by atoms with E-state index in [2.05, 4.69) is 17.4 Å². The molecule has 4 heteroatoms. The van der Waals surface area contributed by atoms with Crippen LogP contribution in [0.3, 0.4) is 0 Å². The summed E-state index contributed by atoms with van der Waals surface area (Å²) in [5.74, 6) is 0.590. The number of sulfonamides is 1. The summed E-state index contributed by atoms with van der Waals surface area (Å²) in [7, 11) is -3.39. The molecule has 116 valence electrons. The molecule has 0 aliphatic heterocycles. The maximum Gasteiger partial charge on any atom is 0.217 e. The number of hydrogen-bond acceptors (Lipinski definition) is 2. The highest BCUT2D eigenvalue weighted by Gasteiger charge is 2.33. The molecule has 1 aromatic rings. The Labute approximate surface area is 128 Å². The first-order chi connectivity index (χ1) is 9.76. The van der Waals surface area contributed by atoms with E-state index in [0.717, 1.165) is 5.56 Å². The summed E-state index contributed by atoms with van der Waals surface area (Å²) in [6.07, 6.45) is 4.77. The Balaban J connectivity index is 2.34. The Kier molecular flexibility index (Phi) is 4.59. The Hall–Kier alpha value is -1.13. The average Bonchev–Trinajstić information content (AvgIpc) is 3.21. The summed E-state index contributed by atoms with van der Waals surface area (Å²) in [4.78, 5) is 0. The minimum atomic E-state index is -3.39. The topological polar surface area (TPSA) is 46.2 Å². The van der Waals surface area contributed by atoms with Gasteiger partial charge in [0.25, 0.3) is 0 Å². The van der Waals surface area contributed by atoms with E-state index >= 15 is 0 Å². The third-order valence-electron chi connectivity index (χ3n) is 3.89. The predicted molar refractivity (Wildman–Crippen MR) is 87.8 cm³/mol. The summed E-state index contributed by atoms with van der Waals surface area (Å²) in [5, 5.41) is 0. The maximum absolute atomic E-state index is 12.5. The minimum Gasteiger partial charge on any atom is -0.212 e. The Morgan fingerprint density at radius 3 is 2.48 bits per heavy atom. The lowest BCUT2D eigenvalue weighted by molar-refractivity contribution is 0.524. The van der Waals surface area contributed by atoms with Crippen LogP contribution in [0, 0.1) is 0 Å². The van der Waals surface area contributed by atoms with Gasteiger partial charge in [-0.1, -0.05) is 30.3 Å². The standard InChI is InChI=1S/C17H25NO2S/c1-5-8-16(18-21(19,20)17(2,3)4)15-10-7-6-9-14(15)13-11-12-13/h5-7,9-10,13,16,18H,1,8,11-12H2,2-4H3. The summed E-state index contributed by atoms with van der Waals surface area (Å²) in [6, 6.07) is 7.92. The van der Waals surface area contributed by atoms with Gasteiger partial charge >= 0.3 is 0 Å². The molecule has 1 N–H and O–H groups in total. The second-order valence-corrected chi connectivity index (χ2v) is 9.18. The van der Waals surface area contributed by atoms with E-state index in [4.69, 9.17) is 0 Å². The van der Waals surface area contributed by atoms with E-state index in [9.17, 15) is 8.42 Å². The fraction of sp³-hybridized carbons (Fsp3) is 0.529. The number of hydrogen-bond donors (Lipinski definition) is 1. The van der Waals surface area contributed by atoms with Crippen molar-refractivity contribution in [2.24, 2.45) is 0 Å². The quantitative estimate of drug-likeness (QED) is 0.810. The van der Waals surface area contributed by atoms with Gasteiger partial charge < -0.3 is 0 Å². The van der Waals surface area contributed by atoms with Crippen LogP contribution < -0.4 is 4.72 Å². The lowest BCUT2D eigenvalue weighted by Gasteiger charge is -2.26. The van der Waals surface area contributed by atoms with Gasteiger partial charge in [-0.2, -0.15) is 0 Å². The van der Waals surface area contributed by atoms with Gasteiger partial charge in [0.2, 0.25) is 10.0 Å². The Bertz CT molecular complexity index is 610. The number of rotatable bonds is 6. The van der Waals surface area contributed by atoms with Gasteiger partial charge in [0.1, 0.15) is 0 Å². The third-order valence-corrected chi connectivity index (χ3v) is 6.10. The molecule has 1 saturated carbocycles. The lowest BCUT2D eigenvalue weighted by Crippen LogP contribution is -2.41. The SMILES string of the molecule is C=CCC(NS(=O)(=O)C(C)(C)C)c1ccccc1C1CC1. The second kappa shape index (κ2) is 5.93. The molecule has 0 heterocycles. The molecule has 1 fully saturated rings. The van der Waals surface area contributed by atoms with Gasteiger partial charge in [0, 0.05) is 0 Å². The van der Waals surface area contributed by atoms with Crippen molar-refractivity contribution >= 4 is 10.0 Å². The van der Waals surface area contributed by atoms with E-state index < -0.39 is 14.8 Å². The zero-order chi connectivity index (χ0) is 15.7. The van der Waals surface area contributed by atoms with Gasteiger partial charge in [-0.15, -0.1) is 6.58 Å². The molecule has 0 aromatic heterocycles. The van der Waals surface area contributed by atoms with Crippen LogP contribution in [-0.4, -0.2) is 13.2 Å². The van der Waals surface area contributed by atoms with Crippen molar-refractivity contribution in [3.63, 3.8) is 0 Å². The molecule has 1 unspecified atom stereocenters. The molecule has 0 radical (unpaired) electrons. The van der Waals surface area contributed by atoms with Crippen LogP contribution in [0.5, 0.6) is 0 Å². The fourth-order valence-electron chi connectivity index (χ4n) is 2.36. The van der Waals surface area contributed by atoms with Gasteiger partial charge in [-0.05, 0) is 57.1 Å². The zero-order valence-corrected chi connectivity index (χ0v) is 13.9. The van der Waals surface area contributed by atoms with E-state index in [-0.39, 0.29) is 6.04 Å². The van der Waals surface area contributed by atoms with Crippen LogP contribution in [0.15, 0.2) is 36.9 Å². The average molecular weight is 307 g/mol. The van der Waals surface area contributed by atoms with Crippen LogP contribution in [0.4, 0.5) is 0 Å². The van der Waals surface area contributed by atoms with Gasteiger partial charge in [-0.3, -0.25) is 0 Å². The summed E-state index contributed by atoms with van der Waals surface area (Å²) >= 11 is 0. The summed E-state index contributed by atoms with van der Waals surface area (Å²) in [6.45, 7) is 8.92. The van der Waals surface area contributed by atoms with Crippen LogP contribution in [0.25, 0.3) is 0 Å². The first kappa shape index (κ1) is 16.2. The van der Waals surface area contributed by atoms with Gasteiger partial charge in [-0.25, -0.2) is 13.1 Å². The second-order valence-electron chi connectivity index (χ2n) is 6.71. The van der Waals surface area contributed by atoms with Crippen LogP contribution in [-0.2, 0) is 10.0 Å². The highest BCUT2D eigenvalue weighted by molar-refractivity contribution is 7.90. The molecule has 1 atom stereocenters. The van der Waals surface area contributed by atoms with Crippen molar-refractivity contribution in [3.05, 3.63) is 48.0 Å². The van der Waals surface area contributed by atoms with E-state index in [1.54, 1.807) is 26.8 Å². The van der Waals surface area contributed by atoms with Crippen molar-refractivity contribution in [1.29, 1.82) is 0 Å². The first-order valence-corrected chi connectivity index (χ1v) is 8.96. The molecule has 1 aromatic carbocycles. The largest absolute Gasteiger partial charge is 0.217 e. The molecule has 0 spiro atoms. The van der Waals surface area contributed by atoms with Crippen LogP contribution in [0.1, 0.15) is 63.1 Å². The van der Waals surface area contributed by atoms with Crippen molar-refractivity contribution in [2.75, 3.05) is 0 Å². The monoisotopic (exact) mass is 307 g/mol. The van der Waals surface area contributed by atoms with Crippen molar-refractivity contribution in [3.8, 4) is 0 Å². The van der Waals surface area contributed by atoms with Crippen molar-refractivity contribution in [1.82, 2.24) is 4.72 Å². The number of benzene rings is 1. The molecule has 0 saturated heterocycles. The van der Waals surface area contributed by atoms with Crippen molar-refractivity contribution in [2.45, 2.75) is 56.7 Å². The molecule has 21 heavy (non-hydrogen) atoms. The minimum absolute atomic E-state index is 0.233. The fourth-order valence-corrected chi connectivity index (χ4v) is 3.31. The van der Waals surface area contributed by atoms with Gasteiger partial charge in [0.15, 0.2) is 0 Å². The molecular weight excluding hydrogens is 282 g/mol. The highest BCUT2D eigenvalue weighted by Crippen LogP contribution is 2.43. The van der Waals surface area contributed by atoms with Crippen LogP contribution in [0.2, 0.25) is 0 Å². The highest BCUT2D eigenvalue weighted by atomic mass is 32.2. The summed E-state index contributed by atoms with van der Waals surface area (Å²) in [5.41, 5.74) is 2.37. The molecule has 1 aliphatic rings. The van der Waals surface area contributed by atoms with E-state index in [0.29, 0.717) is 12.3 Å². The molecule has 1 aliphatic carbocycles. The van der Waals surface area contributed by atoms with E-state index in [1.807, 2.05) is 18.2 Å². The van der Waals surface area contributed by atoms with Crippen molar-refractivity contribution < 1.29 is 8.42 Å². The predicted octanol–water partition coefficient (Wildman–Crippen LogP) is 3.90. The third kappa shape index (κ3) is 3.74.